The summed E-state index contributed by atoms with van der Waals surface area (Å²) >= 11 is 0. The van der Waals surface area contributed by atoms with E-state index in [0.29, 0.717) is 35.9 Å². The van der Waals surface area contributed by atoms with Crippen molar-refractivity contribution < 1.29 is 23.5 Å². The fourth-order valence-corrected chi connectivity index (χ4v) is 3.20. The first-order chi connectivity index (χ1) is 15.1. The first-order valence-corrected chi connectivity index (χ1v) is 9.93. The van der Waals surface area contributed by atoms with E-state index in [0.717, 1.165) is 0 Å². The van der Waals surface area contributed by atoms with Gasteiger partial charge in [0.25, 0.3) is 5.91 Å². The molecule has 2 amide bonds. The Balaban J connectivity index is 1.26. The van der Waals surface area contributed by atoms with Gasteiger partial charge in [-0.25, -0.2) is 4.39 Å². The van der Waals surface area contributed by atoms with Crippen LogP contribution < -0.4 is 20.1 Å². The average Bonchev–Trinajstić information content (AvgIpc) is 2.79. The van der Waals surface area contributed by atoms with Crippen molar-refractivity contribution in [3.05, 3.63) is 84.2 Å². The highest BCUT2D eigenvalue weighted by atomic mass is 19.1. The van der Waals surface area contributed by atoms with Crippen LogP contribution >= 0.6 is 0 Å². The first-order valence-electron chi connectivity index (χ1n) is 9.93. The van der Waals surface area contributed by atoms with Gasteiger partial charge < -0.3 is 20.1 Å². The molecule has 0 aromatic heterocycles. The van der Waals surface area contributed by atoms with Crippen molar-refractivity contribution in [2.24, 2.45) is 0 Å². The number of ether oxygens (including phenoxy) is 2. The Morgan fingerprint density at radius 1 is 0.871 bits per heavy atom. The van der Waals surface area contributed by atoms with E-state index < -0.39 is 11.7 Å². The molecule has 158 valence electrons. The predicted molar refractivity (Wildman–Crippen MR) is 115 cm³/mol. The molecule has 3 aromatic rings. The molecule has 31 heavy (non-hydrogen) atoms. The maximum atomic E-state index is 13.7. The van der Waals surface area contributed by atoms with Crippen molar-refractivity contribution in [1.82, 2.24) is 0 Å². The highest BCUT2D eigenvalue weighted by molar-refractivity contribution is 6.04. The van der Waals surface area contributed by atoms with Crippen LogP contribution in [0.5, 0.6) is 11.5 Å². The lowest BCUT2D eigenvalue weighted by molar-refractivity contribution is -0.116. The summed E-state index contributed by atoms with van der Waals surface area (Å²) in [5, 5.41) is 5.45. The molecule has 0 bridgehead atoms. The second-order valence-electron chi connectivity index (χ2n) is 7.10. The molecule has 1 aliphatic rings. The van der Waals surface area contributed by atoms with Crippen LogP contribution in [0.2, 0.25) is 0 Å². The molecule has 0 radical (unpaired) electrons. The minimum absolute atomic E-state index is 0.0311. The number of rotatable bonds is 6. The Morgan fingerprint density at radius 3 is 2.26 bits per heavy atom. The molecule has 0 fully saturated rings. The maximum Gasteiger partial charge on any atom is 0.258 e. The third kappa shape index (κ3) is 5.19. The summed E-state index contributed by atoms with van der Waals surface area (Å²) in [7, 11) is 0. The van der Waals surface area contributed by atoms with Crippen LogP contribution in [0.25, 0.3) is 0 Å². The molecule has 6 nitrogen and oxygen atoms in total. The van der Waals surface area contributed by atoms with E-state index in [-0.39, 0.29) is 24.0 Å². The van der Waals surface area contributed by atoms with Gasteiger partial charge in [0.15, 0.2) is 11.5 Å². The standard InChI is InChI=1S/C24H21FN2O4/c25-20-6-2-1-5-19(20)24(29)27-17-11-9-16(10-12-17)26-23(28)14-13-18-15-30-21-7-3-4-8-22(21)31-18/h1-12,18H,13-15H2,(H,26,28)(H,27,29)/t18-/m0/s1. The molecule has 2 N–H and O–H groups in total. The minimum Gasteiger partial charge on any atom is -0.486 e. The molecule has 1 atom stereocenters. The molecular weight excluding hydrogens is 399 g/mol. The molecule has 0 unspecified atom stereocenters. The van der Waals surface area contributed by atoms with Crippen molar-refractivity contribution in [3.8, 4) is 11.5 Å². The van der Waals surface area contributed by atoms with Gasteiger partial charge >= 0.3 is 0 Å². The molecule has 0 saturated carbocycles. The Labute approximate surface area is 179 Å². The van der Waals surface area contributed by atoms with E-state index in [1.54, 1.807) is 30.3 Å². The number of carbonyl (C=O) groups excluding carboxylic acids is 2. The smallest absolute Gasteiger partial charge is 0.258 e. The zero-order valence-corrected chi connectivity index (χ0v) is 16.6. The number of anilines is 2. The van der Waals surface area contributed by atoms with E-state index in [2.05, 4.69) is 10.6 Å². The molecule has 0 saturated heterocycles. The largest absolute Gasteiger partial charge is 0.486 e. The van der Waals surface area contributed by atoms with E-state index >= 15 is 0 Å². The van der Waals surface area contributed by atoms with Crippen LogP contribution in [-0.2, 0) is 4.79 Å². The maximum absolute atomic E-state index is 13.7. The Morgan fingerprint density at radius 2 is 1.52 bits per heavy atom. The van der Waals surface area contributed by atoms with Gasteiger partial charge in [0.2, 0.25) is 5.91 Å². The fourth-order valence-electron chi connectivity index (χ4n) is 3.20. The van der Waals surface area contributed by atoms with Crippen molar-refractivity contribution in [1.29, 1.82) is 0 Å². The van der Waals surface area contributed by atoms with Crippen LogP contribution in [0.1, 0.15) is 23.2 Å². The zero-order chi connectivity index (χ0) is 21.6. The second kappa shape index (κ2) is 9.30. The number of carbonyl (C=O) groups is 2. The van der Waals surface area contributed by atoms with Crippen molar-refractivity contribution >= 4 is 23.2 Å². The highest BCUT2D eigenvalue weighted by Gasteiger charge is 2.21. The van der Waals surface area contributed by atoms with Gasteiger partial charge in [-0.15, -0.1) is 0 Å². The summed E-state index contributed by atoms with van der Waals surface area (Å²) in [5.74, 6) is 0.133. The summed E-state index contributed by atoms with van der Waals surface area (Å²) in [6.07, 6.45) is 0.621. The first kappa shape index (κ1) is 20.4. The summed E-state index contributed by atoms with van der Waals surface area (Å²) in [6, 6.07) is 19.8. The van der Waals surface area contributed by atoms with Gasteiger partial charge in [0.1, 0.15) is 18.5 Å². The van der Waals surface area contributed by atoms with Crippen LogP contribution in [-0.4, -0.2) is 24.5 Å². The predicted octanol–water partition coefficient (Wildman–Crippen LogP) is 4.64. The normalized spacial score (nSPS) is 14.5. The SMILES string of the molecule is O=C(CC[C@H]1COc2ccccc2O1)Nc1ccc(NC(=O)c2ccccc2F)cc1. The van der Waals surface area contributed by atoms with Crippen molar-refractivity contribution in [2.75, 3.05) is 17.2 Å². The number of halogens is 1. The number of para-hydroxylation sites is 2. The van der Waals surface area contributed by atoms with E-state index in [1.165, 1.54) is 18.2 Å². The lowest BCUT2D eigenvalue weighted by atomic mass is 10.1. The van der Waals surface area contributed by atoms with Crippen LogP contribution in [0.15, 0.2) is 72.8 Å². The molecule has 1 aliphatic heterocycles. The Hall–Kier alpha value is -3.87. The van der Waals surface area contributed by atoms with Gasteiger partial charge in [-0.1, -0.05) is 24.3 Å². The van der Waals surface area contributed by atoms with Crippen LogP contribution in [0.4, 0.5) is 15.8 Å². The summed E-state index contributed by atoms with van der Waals surface area (Å²) in [5.41, 5.74) is 1.06. The number of hydrogen-bond acceptors (Lipinski definition) is 4. The third-order valence-corrected chi connectivity index (χ3v) is 4.81. The monoisotopic (exact) mass is 420 g/mol. The number of hydrogen-bond donors (Lipinski definition) is 2. The van der Waals surface area contributed by atoms with Gasteiger partial charge in [0, 0.05) is 17.8 Å². The number of amides is 2. The van der Waals surface area contributed by atoms with E-state index in [9.17, 15) is 14.0 Å². The van der Waals surface area contributed by atoms with Gasteiger partial charge in [-0.05, 0) is 55.0 Å². The molecule has 3 aromatic carbocycles. The Kier molecular flexibility index (Phi) is 6.12. The van der Waals surface area contributed by atoms with Gasteiger partial charge in [-0.3, -0.25) is 9.59 Å². The van der Waals surface area contributed by atoms with Crippen LogP contribution in [0.3, 0.4) is 0 Å². The molecule has 4 rings (SSSR count). The van der Waals surface area contributed by atoms with Crippen LogP contribution in [0, 0.1) is 5.82 Å². The summed E-state index contributed by atoms with van der Waals surface area (Å²) < 4.78 is 25.2. The molecule has 1 heterocycles. The molecule has 7 heteroatoms. The molecule has 0 spiro atoms. The second-order valence-corrected chi connectivity index (χ2v) is 7.10. The summed E-state index contributed by atoms with van der Waals surface area (Å²) in [6.45, 7) is 0.403. The topological polar surface area (TPSA) is 76.7 Å². The van der Waals surface area contributed by atoms with E-state index in [1.807, 2.05) is 24.3 Å². The molecular formula is C24H21FN2O4. The minimum atomic E-state index is -0.584. The molecule has 0 aliphatic carbocycles. The number of benzene rings is 3. The lowest BCUT2D eigenvalue weighted by Crippen LogP contribution is -2.30. The highest BCUT2D eigenvalue weighted by Crippen LogP contribution is 2.31. The van der Waals surface area contributed by atoms with Crippen molar-refractivity contribution in [2.45, 2.75) is 18.9 Å². The van der Waals surface area contributed by atoms with Gasteiger partial charge in [0.05, 0.1) is 5.56 Å². The van der Waals surface area contributed by atoms with Crippen molar-refractivity contribution in [3.63, 3.8) is 0 Å². The number of fused-ring (bicyclic) bond motifs is 1. The average molecular weight is 420 g/mol. The van der Waals surface area contributed by atoms with E-state index in [4.69, 9.17) is 9.47 Å². The third-order valence-electron chi connectivity index (χ3n) is 4.81. The lowest BCUT2D eigenvalue weighted by Gasteiger charge is -2.26. The Bertz CT molecular complexity index is 1080. The van der Waals surface area contributed by atoms with Gasteiger partial charge in [-0.2, -0.15) is 0 Å². The zero-order valence-electron chi connectivity index (χ0n) is 16.6. The fraction of sp³-hybridized carbons (Fsp3) is 0.167. The quantitative estimate of drug-likeness (QED) is 0.609. The number of nitrogens with one attached hydrogen (secondary N) is 2. The summed E-state index contributed by atoms with van der Waals surface area (Å²) in [4.78, 5) is 24.4.